The molecule has 0 amide bonds. The van der Waals surface area contributed by atoms with Crippen LogP contribution in [0.25, 0.3) is 0 Å². The van der Waals surface area contributed by atoms with Gasteiger partial charge in [0.25, 0.3) is 0 Å². The molecule has 0 spiro atoms. The molecular formula is C11H24O3. The average molecular weight is 204 g/mol. The van der Waals surface area contributed by atoms with Crippen molar-refractivity contribution in [1.82, 2.24) is 0 Å². The molecule has 0 aliphatic heterocycles. The van der Waals surface area contributed by atoms with Gasteiger partial charge in [-0.2, -0.15) is 0 Å². The van der Waals surface area contributed by atoms with Crippen molar-refractivity contribution in [3.63, 3.8) is 0 Å². The fourth-order valence-electron chi connectivity index (χ4n) is 1.65. The fourth-order valence-corrected chi connectivity index (χ4v) is 1.65. The quantitative estimate of drug-likeness (QED) is 0.498. The highest BCUT2D eigenvalue weighted by Gasteiger charge is 2.24. The standard InChI is InChI=1S/C11H24O3/c1-2-3-6-11(14,8-10-13)7-4-5-9-12/h12-14H,2-10H2,1H3. The Bertz CT molecular complexity index is 128. The Morgan fingerprint density at radius 1 is 0.857 bits per heavy atom. The number of hydrogen-bond acceptors (Lipinski definition) is 3. The summed E-state index contributed by atoms with van der Waals surface area (Å²) in [7, 11) is 0. The van der Waals surface area contributed by atoms with Crippen molar-refractivity contribution in [2.45, 2.75) is 57.5 Å². The first-order chi connectivity index (χ1) is 6.68. The largest absolute Gasteiger partial charge is 0.396 e. The molecule has 0 saturated heterocycles. The van der Waals surface area contributed by atoms with E-state index in [1.165, 1.54) is 0 Å². The zero-order valence-corrected chi connectivity index (χ0v) is 9.21. The molecule has 0 aliphatic rings. The minimum atomic E-state index is -0.708. The summed E-state index contributed by atoms with van der Waals surface area (Å²) in [6.07, 6.45) is 5.53. The molecule has 1 atom stereocenters. The second-order valence-corrected chi connectivity index (χ2v) is 3.98. The van der Waals surface area contributed by atoms with Gasteiger partial charge in [0.2, 0.25) is 0 Å². The summed E-state index contributed by atoms with van der Waals surface area (Å²) in [5, 5.41) is 27.6. The Balaban J connectivity index is 3.82. The Labute approximate surface area is 86.8 Å². The highest BCUT2D eigenvalue weighted by molar-refractivity contribution is 4.77. The normalized spacial score (nSPS) is 15.4. The van der Waals surface area contributed by atoms with Crippen LogP contribution in [0.2, 0.25) is 0 Å². The van der Waals surface area contributed by atoms with Gasteiger partial charge >= 0.3 is 0 Å². The molecule has 0 rings (SSSR count). The Hall–Kier alpha value is -0.120. The first kappa shape index (κ1) is 13.9. The van der Waals surface area contributed by atoms with E-state index in [0.717, 1.165) is 32.1 Å². The molecule has 0 aliphatic carbocycles. The summed E-state index contributed by atoms with van der Waals surface area (Å²) in [5.74, 6) is 0. The van der Waals surface area contributed by atoms with Crippen molar-refractivity contribution >= 4 is 0 Å². The molecule has 0 radical (unpaired) electrons. The molecule has 0 bridgehead atoms. The maximum atomic E-state index is 10.1. The maximum Gasteiger partial charge on any atom is 0.0669 e. The first-order valence-corrected chi connectivity index (χ1v) is 5.62. The monoisotopic (exact) mass is 204 g/mol. The average Bonchev–Trinajstić information content (AvgIpc) is 2.16. The number of unbranched alkanes of at least 4 members (excludes halogenated alkanes) is 2. The van der Waals surface area contributed by atoms with E-state index >= 15 is 0 Å². The van der Waals surface area contributed by atoms with Crippen LogP contribution in [0.5, 0.6) is 0 Å². The molecule has 3 nitrogen and oxygen atoms in total. The van der Waals surface area contributed by atoms with Crippen LogP contribution in [-0.2, 0) is 0 Å². The van der Waals surface area contributed by atoms with Gasteiger partial charge in [-0.05, 0) is 32.1 Å². The van der Waals surface area contributed by atoms with Crippen LogP contribution >= 0.6 is 0 Å². The van der Waals surface area contributed by atoms with Crippen LogP contribution < -0.4 is 0 Å². The summed E-state index contributed by atoms with van der Waals surface area (Å²) in [5.41, 5.74) is -0.708. The SMILES string of the molecule is CCCCC(O)(CCO)CCCCO. The van der Waals surface area contributed by atoms with Crippen molar-refractivity contribution in [2.24, 2.45) is 0 Å². The molecule has 14 heavy (non-hydrogen) atoms. The molecular weight excluding hydrogens is 180 g/mol. The Kier molecular flexibility index (Phi) is 8.14. The number of aliphatic hydroxyl groups is 3. The van der Waals surface area contributed by atoms with Gasteiger partial charge in [-0.25, -0.2) is 0 Å². The highest BCUT2D eigenvalue weighted by Crippen LogP contribution is 2.24. The third-order valence-electron chi connectivity index (χ3n) is 2.62. The summed E-state index contributed by atoms with van der Waals surface area (Å²) in [4.78, 5) is 0. The van der Waals surface area contributed by atoms with E-state index in [9.17, 15) is 5.11 Å². The fraction of sp³-hybridized carbons (Fsp3) is 1.00. The van der Waals surface area contributed by atoms with Crippen LogP contribution in [0.4, 0.5) is 0 Å². The predicted molar refractivity (Wildman–Crippen MR) is 57.1 cm³/mol. The summed E-state index contributed by atoms with van der Waals surface area (Å²) in [6, 6.07) is 0. The lowest BCUT2D eigenvalue weighted by Crippen LogP contribution is -2.30. The molecule has 0 aromatic heterocycles. The Morgan fingerprint density at radius 2 is 1.50 bits per heavy atom. The van der Waals surface area contributed by atoms with E-state index in [2.05, 4.69) is 6.92 Å². The first-order valence-electron chi connectivity index (χ1n) is 5.62. The van der Waals surface area contributed by atoms with E-state index in [1.54, 1.807) is 0 Å². The van der Waals surface area contributed by atoms with E-state index in [-0.39, 0.29) is 13.2 Å². The van der Waals surface area contributed by atoms with Crippen LogP contribution in [0.3, 0.4) is 0 Å². The third kappa shape index (κ3) is 6.35. The van der Waals surface area contributed by atoms with Crippen LogP contribution in [0.1, 0.15) is 51.9 Å². The lowest BCUT2D eigenvalue weighted by Gasteiger charge is -2.27. The van der Waals surface area contributed by atoms with Crippen LogP contribution in [0.15, 0.2) is 0 Å². The van der Waals surface area contributed by atoms with Crippen molar-refractivity contribution in [3.8, 4) is 0 Å². The zero-order valence-electron chi connectivity index (χ0n) is 9.21. The molecule has 86 valence electrons. The molecule has 0 saturated carbocycles. The van der Waals surface area contributed by atoms with Gasteiger partial charge in [-0.3, -0.25) is 0 Å². The minimum Gasteiger partial charge on any atom is -0.396 e. The van der Waals surface area contributed by atoms with Crippen LogP contribution in [0, 0.1) is 0 Å². The molecule has 3 N–H and O–H groups in total. The Morgan fingerprint density at radius 3 is 2.00 bits per heavy atom. The van der Waals surface area contributed by atoms with Gasteiger partial charge in [0.05, 0.1) is 5.60 Å². The highest BCUT2D eigenvalue weighted by atomic mass is 16.3. The van der Waals surface area contributed by atoms with Crippen molar-refractivity contribution < 1.29 is 15.3 Å². The van der Waals surface area contributed by atoms with Crippen molar-refractivity contribution in [2.75, 3.05) is 13.2 Å². The van der Waals surface area contributed by atoms with E-state index in [1.807, 2.05) is 0 Å². The van der Waals surface area contributed by atoms with Gasteiger partial charge in [0.15, 0.2) is 0 Å². The van der Waals surface area contributed by atoms with Gasteiger partial charge < -0.3 is 15.3 Å². The topological polar surface area (TPSA) is 60.7 Å². The number of hydrogen-bond donors (Lipinski definition) is 3. The molecule has 0 aromatic rings. The van der Waals surface area contributed by atoms with Gasteiger partial charge in [0, 0.05) is 13.2 Å². The molecule has 3 heteroatoms. The van der Waals surface area contributed by atoms with Crippen molar-refractivity contribution in [1.29, 1.82) is 0 Å². The summed E-state index contributed by atoms with van der Waals surface area (Å²) >= 11 is 0. The molecule has 1 unspecified atom stereocenters. The minimum absolute atomic E-state index is 0.0410. The third-order valence-corrected chi connectivity index (χ3v) is 2.62. The summed E-state index contributed by atoms with van der Waals surface area (Å²) < 4.78 is 0. The van der Waals surface area contributed by atoms with Crippen molar-refractivity contribution in [3.05, 3.63) is 0 Å². The number of aliphatic hydroxyl groups excluding tert-OH is 2. The molecule has 0 heterocycles. The maximum absolute atomic E-state index is 10.1. The lowest BCUT2D eigenvalue weighted by atomic mass is 9.88. The summed E-state index contributed by atoms with van der Waals surface area (Å²) in [6.45, 7) is 2.31. The zero-order chi connectivity index (χ0) is 10.9. The predicted octanol–water partition coefficient (Wildman–Crippen LogP) is 1.45. The lowest BCUT2D eigenvalue weighted by molar-refractivity contribution is -0.00433. The second kappa shape index (κ2) is 8.21. The van der Waals surface area contributed by atoms with Crippen LogP contribution in [-0.4, -0.2) is 34.1 Å². The van der Waals surface area contributed by atoms with Gasteiger partial charge in [-0.15, -0.1) is 0 Å². The van der Waals surface area contributed by atoms with E-state index in [4.69, 9.17) is 10.2 Å². The van der Waals surface area contributed by atoms with Gasteiger partial charge in [0.1, 0.15) is 0 Å². The molecule has 0 fully saturated rings. The van der Waals surface area contributed by atoms with E-state index in [0.29, 0.717) is 12.8 Å². The van der Waals surface area contributed by atoms with E-state index < -0.39 is 5.60 Å². The molecule has 0 aromatic carbocycles. The number of rotatable bonds is 9. The smallest absolute Gasteiger partial charge is 0.0669 e. The second-order valence-electron chi connectivity index (χ2n) is 3.98. The van der Waals surface area contributed by atoms with Gasteiger partial charge in [-0.1, -0.05) is 19.8 Å².